The quantitative estimate of drug-likeness (QED) is 0.454. The normalized spacial score (nSPS) is 25.5. The molecule has 0 spiro atoms. The SMILES string of the molecule is COCCNC(=O)CNC1COCC1O. The lowest BCUT2D eigenvalue weighted by Gasteiger charge is -2.13. The van der Waals surface area contributed by atoms with Crippen LogP contribution in [-0.4, -0.2) is 63.2 Å². The van der Waals surface area contributed by atoms with Crippen LogP contribution in [-0.2, 0) is 14.3 Å². The molecule has 0 aromatic carbocycles. The number of hydrogen-bond acceptors (Lipinski definition) is 5. The molecule has 0 saturated carbocycles. The van der Waals surface area contributed by atoms with Gasteiger partial charge in [0.2, 0.25) is 5.91 Å². The number of rotatable bonds is 6. The summed E-state index contributed by atoms with van der Waals surface area (Å²) in [5.41, 5.74) is 0. The van der Waals surface area contributed by atoms with E-state index < -0.39 is 6.10 Å². The summed E-state index contributed by atoms with van der Waals surface area (Å²) in [5.74, 6) is -0.105. The Morgan fingerprint density at radius 1 is 1.60 bits per heavy atom. The van der Waals surface area contributed by atoms with Crippen LogP contribution >= 0.6 is 0 Å². The minimum absolute atomic E-state index is 0.105. The fraction of sp³-hybridized carbons (Fsp3) is 0.889. The van der Waals surface area contributed by atoms with Gasteiger partial charge >= 0.3 is 0 Å². The van der Waals surface area contributed by atoms with E-state index in [0.717, 1.165) is 0 Å². The molecule has 6 heteroatoms. The van der Waals surface area contributed by atoms with Crippen molar-refractivity contribution in [1.82, 2.24) is 10.6 Å². The summed E-state index contributed by atoms with van der Waals surface area (Å²) >= 11 is 0. The number of carbonyl (C=O) groups excluding carboxylic acids is 1. The van der Waals surface area contributed by atoms with Crippen molar-refractivity contribution >= 4 is 5.91 Å². The van der Waals surface area contributed by atoms with Crippen molar-refractivity contribution in [2.45, 2.75) is 12.1 Å². The molecule has 1 rings (SSSR count). The van der Waals surface area contributed by atoms with Crippen LogP contribution in [0.3, 0.4) is 0 Å². The maximum absolute atomic E-state index is 11.2. The second kappa shape index (κ2) is 6.73. The van der Waals surface area contributed by atoms with Crippen molar-refractivity contribution in [3.63, 3.8) is 0 Å². The summed E-state index contributed by atoms with van der Waals surface area (Å²) in [4.78, 5) is 11.2. The van der Waals surface area contributed by atoms with Crippen LogP contribution < -0.4 is 10.6 Å². The molecule has 1 aliphatic heterocycles. The van der Waals surface area contributed by atoms with Gasteiger partial charge < -0.3 is 25.2 Å². The van der Waals surface area contributed by atoms with Gasteiger partial charge in [-0.25, -0.2) is 0 Å². The highest BCUT2D eigenvalue weighted by atomic mass is 16.5. The number of carbonyl (C=O) groups is 1. The summed E-state index contributed by atoms with van der Waals surface area (Å²) in [6.45, 7) is 1.98. The number of hydrogen-bond donors (Lipinski definition) is 3. The van der Waals surface area contributed by atoms with Gasteiger partial charge in [-0.3, -0.25) is 4.79 Å². The van der Waals surface area contributed by atoms with Gasteiger partial charge in [-0.05, 0) is 0 Å². The van der Waals surface area contributed by atoms with Crippen molar-refractivity contribution in [3.8, 4) is 0 Å². The first-order valence-corrected chi connectivity index (χ1v) is 4.99. The Bertz CT molecular complexity index is 201. The van der Waals surface area contributed by atoms with Gasteiger partial charge in [0.05, 0.1) is 38.5 Å². The van der Waals surface area contributed by atoms with Gasteiger partial charge in [0, 0.05) is 13.7 Å². The van der Waals surface area contributed by atoms with Crippen LogP contribution in [0.2, 0.25) is 0 Å². The average molecular weight is 218 g/mol. The molecular formula is C9H18N2O4. The van der Waals surface area contributed by atoms with Crippen LogP contribution in [0.15, 0.2) is 0 Å². The van der Waals surface area contributed by atoms with Gasteiger partial charge in [0.15, 0.2) is 0 Å². The predicted octanol–water partition coefficient (Wildman–Crippen LogP) is -1.90. The Kier molecular flexibility index (Phi) is 5.56. The third-order valence-corrected chi connectivity index (χ3v) is 2.20. The lowest BCUT2D eigenvalue weighted by atomic mass is 10.2. The van der Waals surface area contributed by atoms with Crippen LogP contribution in [0.25, 0.3) is 0 Å². The molecule has 1 aliphatic rings. The Morgan fingerprint density at radius 3 is 3.00 bits per heavy atom. The molecule has 0 radical (unpaired) electrons. The van der Waals surface area contributed by atoms with E-state index >= 15 is 0 Å². The molecule has 0 aliphatic carbocycles. The fourth-order valence-electron chi connectivity index (χ4n) is 1.32. The van der Waals surface area contributed by atoms with Crippen molar-refractivity contribution in [3.05, 3.63) is 0 Å². The molecular weight excluding hydrogens is 200 g/mol. The topological polar surface area (TPSA) is 79.8 Å². The highest BCUT2D eigenvalue weighted by molar-refractivity contribution is 5.77. The number of aliphatic hydroxyl groups is 1. The van der Waals surface area contributed by atoms with Crippen LogP contribution in [0, 0.1) is 0 Å². The van der Waals surface area contributed by atoms with Crippen molar-refractivity contribution in [2.24, 2.45) is 0 Å². The lowest BCUT2D eigenvalue weighted by molar-refractivity contribution is -0.120. The molecule has 15 heavy (non-hydrogen) atoms. The zero-order chi connectivity index (χ0) is 11.1. The highest BCUT2D eigenvalue weighted by Crippen LogP contribution is 2.03. The van der Waals surface area contributed by atoms with Crippen molar-refractivity contribution in [1.29, 1.82) is 0 Å². The van der Waals surface area contributed by atoms with Gasteiger partial charge in [0.25, 0.3) is 0 Å². The van der Waals surface area contributed by atoms with Crippen molar-refractivity contribution < 1.29 is 19.4 Å². The predicted molar refractivity (Wildman–Crippen MR) is 53.5 cm³/mol. The number of methoxy groups -OCH3 is 1. The van der Waals surface area contributed by atoms with E-state index in [1.54, 1.807) is 7.11 Å². The van der Waals surface area contributed by atoms with E-state index in [1.807, 2.05) is 0 Å². The first-order valence-electron chi connectivity index (χ1n) is 4.99. The van der Waals surface area contributed by atoms with Gasteiger partial charge in [-0.15, -0.1) is 0 Å². The van der Waals surface area contributed by atoms with E-state index in [0.29, 0.717) is 26.4 Å². The zero-order valence-corrected chi connectivity index (χ0v) is 8.86. The molecule has 1 heterocycles. The van der Waals surface area contributed by atoms with E-state index in [-0.39, 0.29) is 18.5 Å². The monoisotopic (exact) mass is 218 g/mol. The minimum atomic E-state index is -0.517. The van der Waals surface area contributed by atoms with E-state index in [2.05, 4.69) is 10.6 Å². The number of nitrogens with one attached hydrogen (secondary N) is 2. The van der Waals surface area contributed by atoms with Crippen LogP contribution in [0.4, 0.5) is 0 Å². The maximum Gasteiger partial charge on any atom is 0.234 e. The fourth-order valence-corrected chi connectivity index (χ4v) is 1.32. The van der Waals surface area contributed by atoms with Crippen LogP contribution in [0.5, 0.6) is 0 Å². The van der Waals surface area contributed by atoms with E-state index in [1.165, 1.54) is 0 Å². The summed E-state index contributed by atoms with van der Waals surface area (Å²) in [7, 11) is 1.58. The molecule has 0 aromatic rings. The first-order chi connectivity index (χ1) is 7.24. The maximum atomic E-state index is 11.2. The van der Waals surface area contributed by atoms with Crippen LogP contribution in [0.1, 0.15) is 0 Å². The summed E-state index contributed by atoms with van der Waals surface area (Å²) in [6.07, 6.45) is -0.517. The van der Waals surface area contributed by atoms with Crippen molar-refractivity contribution in [2.75, 3.05) is 40.0 Å². The highest BCUT2D eigenvalue weighted by Gasteiger charge is 2.25. The average Bonchev–Trinajstić information content (AvgIpc) is 2.61. The molecule has 1 amide bonds. The Labute approximate surface area is 88.9 Å². The largest absolute Gasteiger partial charge is 0.389 e. The number of ether oxygens (including phenoxy) is 2. The lowest BCUT2D eigenvalue weighted by Crippen LogP contribution is -2.44. The molecule has 2 unspecified atom stereocenters. The third-order valence-electron chi connectivity index (χ3n) is 2.20. The summed E-state index contributed by atoms with van der Waals surface area (Å²) in [6, 6.07) is -0.141. The van der Waals surface area contributed by atoms with Gasteiger partial charge in [0.1, 0.15) is 0 Å². The second-order valence-corrected chi connectivity index (χ2v) is 3.43. The molecule has 6 nitrogen and oxygen atoms in total. The van der Waals surface area contributed by atoms with Gasteiger partial charge in [-0.1, -0.05) is 0 Å². The molecule has 1 fully saturated rings. The standard InChI is InChI=1S/C9H18N2O4/c1-14-3-2-10-9(13)4-11-7-5-15-6-8(7)12/h7-8,11-12H,2-6H2,1H3,(H,10,13). The van der Waals surface area contributed by atoms with E-state index in [9.17, 15) is 9.90 Å². The summed E-state index contributed by atoms with van der Waals surface area (Å²) < 4.78 is 9.83. The minimum Gasteiger partial charge on any atom is -0.389 e. The Hall–Kier alpha value is -0.690. The number of aliphatic hydroxyl groups excluding tert-OH is 1. The molecule has 0 bridgehead atoms. The Balaban J connectivity index is 2.05. The number of amides is 1. The zero-order valence-electron chi connectivity index (χ0n) is 8.86. The molecule has 88 valence electrons. The molecule has 3 N–H and O–H groups in total. The first kappa shape index (κ1) is 12.4. The third kappa shape index (κ3) is 4.57. The van der Waals surface area contributed by atoms with Gasteiger partial charge in [-0.2, -0.15) is 0 Å². The smallest absolute Gasteiger partial charge is 0.234 e. The molecule has 2 atom stereocenters. The van der Waals surface area contributed by atoms with E-state index in [4.69, 9.17) is 9.47 Å². The second-order valence-electron chi connectivity index (χ2n) is 3.43. The Morgan fingerprint density at radius 2 is 2.40 bits per heavy atom. The summed E-state index contributed by atoms with van der Waals surface area (Å²) in [5, 5.41) is 15.0. The molecule has 0 aromatic heterocycles. The molecule has 1 saturated heterocycles.